The van der Waals surface area contributed by atoms with Crippen molar-refractivity contribution < 1.29 is 19.1 Å². The summed E-state index contributed by atoms with van der Waals surface area (Å²) in [6.45, 7) is 3.46. The van der Waals surface area contributed by atoms with Crippen molar-refractivity contribution in [1.82, 2.24) is 5.32 Å². The SMILES string of the molecule is CCC1(CC)C(=O)NC=C(COC(=O)C(c2ccccc2)c2ccccc2)C1=O. The van der Waals surface area contributed by atoms with Crippen LogP contribution in [0.2, 0.25) is 0 Å². The van der Waals surface area contributed by atoms with E-state index in [2.05, 4.69) is 5.32 Å². The molecule has 1 aliphatic rings. The van der Waals surface area contributed by atoms with E-state index in [1.165, 1.54) is 6.20 Å². The molecule has 2 aromatic carbocycles. The number of nitrogens with one attached hydrogen (secondary N) is 1. The number of ether oxygens (including phenoxy) is 1. The Labute approximate surface area is 170 Å². The van der Waals surface area contributed by atoms with Crippen molar-refractivity contribution in [2.45, 2.75) is 32.6 Å². The first-order valence-electron chi connectivity index (χ1n) is 9.84. The smallest absolute Gasteiger partial charge is 0.318 e. The van der Waals surface area contributed by atoms with Crippen molar-refractivity contribution in [1.29, 1.82) is 0 Å². The van der Waals surface area contributed by atoms with E-state index in [1.54, 1.807) is 0 Å². The van der Waals surface area contributed by atoms with Crippen LogP contribution in [-0.4, -0.2) is 24.3 Å². The monoisotopic (exact) mass is 391 g/mol. The Balaban J connectivity index is 1.81. The summed E-state index contributed by atoms with van der Waals surface area (Å²) in [7, 11) is 0. The first-order valence-corrected chi connectivity index (χ1v) is 9.84. The summed E-state index contributed by atoms with van der Waals surface area (Å²) in [5.74, 6) is -1.59. The molecule has 5 heteroatoms. The Morgan fingerprint density at radius 1 is 0.931 bits per heavy atom. The summed E-state index contributed by atoms with van der Waals surface area (Å²) in [5, 5.41) is 2.66. The van der Waals surface area contributed by atoms with Gasteiger partial charge < -0.3 is 10.1 Å². The van der Waals surface area contributed by atoms with Gasteiger partial charge >= 0.3 is 5.97 Å². The fourth-order valence-corrected chi connectivity index (χ4v) is 3.75. The van der Waals surface area contributed by atoms with E-state index >= 15 is 0 Å². The maximum absolute atomic E-state index is 13.0. The van der Waals surface area contributed by atoms with Crippen molar-refractivity contribution in [3.63, 3.8) is 0 Å². The summed E-state index contributed by atoms with van der Waals surface area (Å²) < 4.78 is 5.56. The summed E-state index contributed by atoms with van der Waals surface area (Å²) in [4.78, 5) is 38.2. The zero-order valence-electron chi connectivity index (χ0n) is 16.7. The number of esters is 1. The van der Waals surface area contributed by atoms with Gasteiger partial charge in [-0.2, -0.15) is 0 Å². The van der Waals surface area contributed by atoms with Crippen molar-refractivity contribution in [3.8, 4) is 0 Å². The number of amides is 1. The van der Waals surface area contributed by atoms with Gasteiger partial charge in [-0.3, -0.25) is 14.4 Å². The summed E-state index contributed by atoms with van der Waals surface area (Å²) in [5.41, 5.74) is 0.853. The second-order valence-corrected chi connectivity index (χ2v) is 7.12. The van der Waals surface area contributed by atoms with E-state index in [4.69, 9.17) is 4.74 Å². The van der Waals surface area contributed by atoms with E-state index in [9.17, 15) is 14.4 Å². The molecule has 29 heavy (non-hydrogen) atoms. The molecule has 0 saturated heterocycles. The van der Waals surface area contributed by atoms with Crippen LogP contribution in [0.1, 0.15) is 43.7 Å². The molecule has 1 amide bonds. The molecule has 1 N–H and O–H groups in total. The molecule has 0 atom stereocenters. The molecule has 0 bridgehead atoms. The van der Waals surface area contributed by atoms with E-state index in [0.717, 1.165) is 11.1 Å². The molecule has 0 aliphatic carbocycles. The molecular weight excluding hydrogens is 366 g/mol. The quantitative estimate of drug-likeness (QED) is 0.576. The molecule has 0 saturated carbocycles. The highest BCUT2D eigenvalue weighted by Gasteiger charge is 2.46. The van der Waals surface area contributed by atoms with Crippen LogP contribution in [0.4, 0.5) is 0 Å². The van der Waals surface area contributed by atoms with Crippen molar-refractivity contribution in [2.75, 3.05) is 6.61 Å². The fraction of sp³-hybridized carbons (Fsp3) is 0.292. The first kappa shape index (κ1) is 20.5. The largest absolute Gasteiger partial charge is 0.460 e. The van der Waals surface area contributed by atoms with Gasteiger partial charge in [-0.25, -0.2) is 0 Å². The minimum Gasteiger partial charge on any atom is -0.460 e. The lowest BCUT2D eigenvalue weighted by Crippen LogP contribution is -2.49. The highest BCUT2D eigenvalue weighted by Crippen LogP contribution is 2.34. The number of hydrogen-bond acceptors (Lipinski definition) is 4. The van der Waals surface area contributed by atoms with Gasteiger partial charge in [0.25, 0.3) is 0 Å². The molecule has 0 unspecified atom stereocenters. The Morgan fingerprint density at radius 2 is 1.45 bits per heavy atom. The highest BCUT2D eigenvalue weighted by molar-refractivity contribution is 6.16. The van der Waals surface area contributed by atoms with Crippen LogP contribution in [-0.2, 0) is 19.1 Å². The van der Waals surface area contributed by atoms with E-state index < -0.39 is 17.3 Å². The Morgan fingerprint density at radius 3 is 1.93 bits per heavy atom. The highest BCUT2D eigenvalue weighted by atomic mass is 16.5. The third-order valence-corrected chi connectivity index (χ3v) is 5.62. The number of ketones is 1. The standard InChI is InChI=1S/C24H25NO4/c1-3-24(4-2)21(26)19(15-25-23(24)28)16-29-22(27)20(17-11-7-5-8-12-17)18-13-9-6-10-14-18/h5-15,20H,3-4,16H2,1-2H3,(H,25,28). The van der Waals surface area contributed by atoms with Crippen LogP contribution in [0, 0.1) is 5.41 Å². The zero-order valence-corrected chi connectivity index (χ0v) is 16.7. The molecule has 2 aromatic rings. The Hall–Kier alpha value is -3.21. The molecule has 0 fully saturated rings. The maximum Gasteiger partial charge on any atom is 0.318 e. The molecule has 1 aliphatic heterocycles. The molecule has 0 spiro atoms. The van der Waals surface area contributed by atoms with Crippen LogP contribution in [0.15, 0.2) is 72.4 Å². The van der Waals surface area contributed by atoms with Crippen LogP contribution in [0.5, 0.6) is 0 Å². The number of rotatable bonds is 7. The number of carbonyl (C=O) groups excluding carboxylic acids is 3. The average molecular weight is 391 g/mol. The normalized spacial score (nSPS) is 15.6. The van der Waals surface area contributed by atoms with Gasteiger partial charge in [0.1, 0.15) is 17.9 Å². The second kappa shape index (κ2) is 8.86. The predicted molar refractivity (Wildman–Crippen MR) is 110 cm³/mol. The van der Waals surface area contributed by atoms with Crippen molar-refractivity contribution in [3.05, 3.63) is 83.6 Å². The fourth-order valence-electron chi connectivity index (χ4n) is 3.75. The van der Waals surface area contributed by atoms with Gasteiger partial charge in [0.2, 0.25) is 5.91 Å². The minimum atomic E-state index is -1.09. The van der Waals surface area contributed by atoms with Gasteiger partial charge in [-0.15, -0.1) is 0 Å². The lowest BCUT2D eigenvalue weighted by atomic mass is 9.73. The maximum atomic E-state index is 13.0. The zero-order chi connectivity index (χ0) is 20.9. The Bertz CT molecular complexity index is 875. The summed E-state index contributed by atoms with van der Waals surface area (Å²) >= 11 is 0. The van der Waals surface area contributed by atoms with E-state index in [-0.39, 0.29) is 18.3 Å². The predicted octanol–water partition coefficient (Wildman–Crippen LogP) is 3.75. The second-order valence-electron chi connectivity index (χ2n) is 7.12. The number of benzene rings is 2. The lowest BCUT2D eigenvalue weighted by Gasteiger charge is -2.32. The van der Waals surface area contributed by atoms with Gasteiger partial charge in [0.15, 0.2) is 5.78 Å². The van der Waals surface area contributed by atoms with Gasteiger partial charge in [0.05, 0.1) is 0 Å². The molecule has 0 aromatic heterocycles. The summed E-state index contributed by atoms with van der Waals surface area (Å²) in [6, 6.07) is 18.8. The Kier molecular flexibility index (Phi) is 6.27. The molecule has 5 nitrogen and oxygen atoms in total. The molecular formula is C24H25NO4. The molecule has 1 heterocycles. The summed E-state index contributed by atoms with van der Waals surface area (Å²) in [6.07, 6.45) is 2.16. The van der Waals surface area contributed by atoms with E-state index in [1.807, 2.05) is 74.5 Å². The van der Waals surface area contributed by atoms with Crippen LogP contribution in [0.3, 0.4) is 0 Å². The third kappa shape index (κ3) is 3.99. The van der Waals surface area contributed by atoms with Gasteiger partial charge in [-0.1, -0.05) is 74.5 Å². The lowest BCUT2D eigenvalue weighted by molar-refractivity contribution is -0.144. The van der Waals surface area contributed by atoms with Crippen molar-refractivity contribution in [2.24, 2.45) is 5.41 Å². The number of carbonyl (C=O) groups is 3. The third-order valence-electron chi connectivity index (χ3n) is 5.62. The average Bonchev–Trinajstić information content (AvgIpc) is 2.76. The minimum absolute atomic E-state index is 0.171. The van der Waals surface area contributed by atoms with E-state index in [0.29, 0.717) is 18.4 Å². The van der Waals surface area contributed by atoms with Crippen LogP contribution in [0.25, 0.3) is 0 Å². The molecule has 150 valence electrons. The first-order chi connectivity index (χ1) is 14.0. The van der Waals surface area contributed by atoms with Crippen LogP contribution >= 0.6 is 0 Å². The number of hydrogen-bond donors (Lipinski definition) is 1. The number of Topliss-reactive ketones (excluding diaryl/α,β-unsaturated/α-hetero) is 1. The van der Waals surface area contributed by atoms with Crippen molar-refractivity contribution >= 4 is 17.7 Å². The topological polar surface area (TPSA) is 72.5 Å². The van der Waals surface area contributed by atoms with Gasteiger partial charge in [0, 0.05) is 11.8 Å². The van der Waals surface area contributed by atoms with Gasteiger partial charge in [-0.05, 0) is 24.0 Å². The molecule has 3 rings (SSSR count). The van der Waals surface area contributed by atoms with Crippen LogP contribution < -0.4 is 5.32 Å². The molecule has 0 radical (unpaired) electrons.